The first-order chi connectivity index (χ1) is 10.6. The first-order valence-electron chi connectivity index (χ1n) is 7.07. The van der Waals surface area contributed by atoms with E-state index >= 15 is 0 Å². The molecule has 1 N–H and O–H groups in total. The minimum absolute atomic E-state index is 0.0709. The van der Waals surface area contributed by atoms with Crippen molar-refractivity contribution in [3.05, 3.63) is 36.2 Å². The van der Waals surface area contributed by atoms with E-state index in [9.17, 15) is 9.59 Å². The molecular weight excluding hydrogens is 284 g/mol. The Bertz CT molecular complexity index is 683. The van der Waals surface area contributed by atoms with Crippen LogP contribution in [0.5, 0.6) is 0 Å². The molecule has 0 bridgehead atoms. The Kier molecular flexibility index (Phi) is 3.86. The Hall–Kier alpha value is -2.70. The zero-order valence-corrected chi connectivity index (χ0v) is 12.2. The summed E-state index contributed by atoms with van der Waals surface area (Å²) in [5, 5.41) is 6.64. The third-order valence-corrected chi connectivity index (χ3v) is 3.61. The first kappa shape index (κ1) is 14.2. The molecule has 114 valence electrons. The van der Waals surface area contributed by atoms with E-state index in [1.54, 1.807) is 11.9 Å². The highest BCUT2D eigenvalue weighted by molar-refractivity contribution is 5.90. The second-order valence-corrected chi connectivity index (χ2v) is 5.27. The number of hydrogen-bond donors (Lipinski definition) is 1. The average Bonchev–Trinajstić information content (AvgIpc) is 3.02. The topological polar surface area (TPSA) is 88.3 Å². The fourth-order valence-corrected chi connectivity index (χ4v) is 2.40. The first-order valence-corrected chi connectivity index (χ1v) is 7.07. The number of amides is 2. The standard InChI is InChI=1S/C15H16N4O3/c1-19-9-11(7-8-12(19)20)16-14(21)15-17-13(18-22-15)10-5-3-2-4-6-10/h2-6,11H,7-9H2,1H3,(H,16,21). The van der Waals surface area contributed by atoms with Gasteiger partial charge in [0.15, 0.2) is 0 Å². The lowest BCUT2D eigenvalue weighted by molar-refractivity contribution is -0.132. The third kappa shape index (κ3) is 2.98. The molecular formula is C15H16N4O3. The zero-order valence-electron chi connectivity index (χ0n) is 12.2. The second-order valence-electron chi connectivity index (χ2n) is 5.27. The van der Waals surface area contributed by atoms with Gasteiger partial charge in [-0.05, 0) is 6.42 Å². The maximum atomic E-state index is 12.1. The molecule has 0 spiro atoms. The van der Waals surface area contributed by atoms with Crippen LogP contribution in [-0.4, -0.2) is 46.5 Å². The molecule has 2 heterocycles. The highest BCUT2D eigenvalue weighted by Crippen LogP contribution is 2.15. The van der Waals surface area contributed by atoms with Crippen LogP contribution in [0.2, 0.25) is 0 Å². The van der Waals surface area contributed by atoms with Crippen molar-refractivity contribution in [2.75, 3.05) is 13.6 Å². The van der Waals surface area contributed by atoms with Gasteiger partial charge in [0, 0.05) is 31.6 Å². The summed E-state index contributed by atoms with van der Waals surface area (Å²) < 4.78 is 5.02. The number of carbonyl (C=O) groups is 2. The summed E-state index contributed by atoms with van der Waals surface area (Å²) in [6.07, 6.45) is 1.05. The number of likely N-dealkylation sites (tertiary alicyclic amines) is 1. The van der Waals surface area contributed by atoms with Crippen molar-refractivity contribution >= 4 is 11.8 Å². The van der Waals surface area contributed by atoms with Crippen molar-refractivity contribution in [1.82, 2.24) is 20.4 Å². The van der Waals surface area contributed by atoms with Gasteiger partial charge in [-0.3, -0.25) is 9.59 Å². The minimum atomic E-state index is -0.414. The molecule has 1 unspecified atom stereocenters. The van der Waals surface area contributed by atoms with Gasteiger partial charge < -0.3 is 14.7 Å². The van der Waals surface area contributed by atoms with Gasteiger partial charge in [-0.2, -0.15) is 4.98 Å². The molecule has 7 nitrogen and oxygen atoms in total. The van der Waals surface area contributed by atoms with Crippen molar-refractivity contribution in [2.24, 2.45) is 0 Å². The quantitative estimate of drug-likeness (QED) is 0.916. The van der Waals surface area contributed by atoms with Crippen LogP contribution in [0, 0.1) is 0 Å². The Morgan fingerprint density at radius 3 is 2.86 bits per heavy atom. The van der Waals surface area contributed by atoms with Gasteiger partial charge in [0.2, 0.25) is 11.7 Å². The van der Waals surface area contributed by atoms with Crippen LogP contribution in [0.25, 0.3) is 11.4 Å². The predicted octanol–water partition coefficient (Wildman–Crippen LogP) is 1.09. The maximum absolute atomic E-state index is 12.1. The fourth-order valence-electron chi connectivity index (χ4n) is 2.40. The van der Waals surface area contributed by atoms with Gasteiger partial charge in [0.1, 0.15) is 0 Å². The second kappa shape index (κ2) is 5.97. The van der Waals surface area contributed by atoms with E-state index in [-0.39, 0.29) is 17.8 Å². The molecule has 1 aromatic carbocycles. The molecule has 2 aromatic rings. The molecule has 1 aliphatic heterocycles. The van der Waals surface area contributed by atoms with Crippen molar-refractivity contribution < 1.29 is 14.1 Å². The molecule has 3 rings (SSSR count). The van der Waals surface area contributed by atoms with E-state index in [4.69, 9.17) is 4.52 Å². The lowest BCUT2D eigenvalue weighted by atomic mass is 10.1. The number of piperidine rings is 1. The summed E-state index contributed by atoms with van der Waals surface area (Å²) in [6.45, 7) is 0.490. The zero-order chi connectivity index (χ0) is 15.5. The Morgan fingerprint density at radius 2 is 2.14 bits per heavy atom. The highest BCUT2D eigenvalue weighted by atomic mass is 16.5. The summed E-state index contributed by atoms with van der Waals surface area (Å²) in [6, 6.07) is 9.20. The van der Waals surface area contributed by atoms with Crippen molar-refractivity contribution in [1.29, 1.82) is 0 Å². The normalized spacial score (nSPS) is 18.3. The van der Waals surface area contributed by atoms with E-state index in [1.165, 1.54) is 0 Å². The van der Waals surface area contributed by atoms with Crippen LogP contribution >= 0.6 is 0 Å². The van der Waals surface area contributed by atoms with E-state index in [2.05, 4.69) is 15.5 Å². The van der Waals surface area contributed by atoms with Gasteiger partial charge in [0.05, 0.1) is 0 Å². The summed E-state index contributed by atoms with van der Waals surface area (Å²) in [5.41, 5.74) is 0.785. The van der Waals surface area contributed by atoms with Crippen molar-refractivity contribution in [3.63, 3.8) is 0 Å². The molecule has 1 aromatic heterocycles. The van der Waals surface area contributed by atoms with Gasteiger partial charge in [-0.15, -0.1) is 0 Å². The predicted molar refractivity (Wildman–Crippen MR) is 77.9 cm³/mol. The highest BCUT2D eigenvalue weighted by Gasteiger charge is 2.26. The van der Waals surface area contributed by atoms with Crippen LogP contribution in [0.3, 0.4) is 0 Å². The largest absolute Gasteiger partial charge is 0.344 e. The number of likely N-dealkylation sites (N-methyl/N-ethyl adjacent to an activating group) is 1. The number of carbonyl (C=O) groups excluding carboxylic acids is 2. The number of rotatable bonds is 3. The number of aromatic nitrogens is 2. The monoisotopic (exact) mass is 300 g/mol. The van der Waals surface area contributed by atoms with E-state index < -0.39 is 5.91 Å². The van der Waals surface area contributed by atoms with Crippen LogP contribution in [0.4, 0.5) is 0 Å². The Labute approximate surface area is 127 Å². The van der Waals surface area contributed by atoms with Crippen LogP contribution in [0.15, 0.2) is 34.9 Å². The molecule has 1 saturated heterocycles. The summed E-state index contributed by atoms with van der Waals surface area (Å²) in [4.78, 5) is 29.3. The van der Waals surface area contributed by atoms with Crippen LogP contribution < -0.4 is 5.32 Å². The molecule has 7 heteroatoms. The van der Waals surface area contributed by atoms with Crippen LogP contribution in [-0.2, 0) is 4.79 Å². The number of nitrogens with one attached hydrogen (secondary N) is 1. The molecule has 0 radical (unpaired) electrons. The molecule has 2 amide bonds. The lowest BCUT2D eigenvalue weighted by Crippen LogP contribution is -2.48. The smallest absolute Gasteiger partial charge is 0.316 e. The molecule has 1 fully saturated rings. The van der Waals surface area contributed by atoms with Gasteiger partial charge in [-0.25, -0.2) is 0 Å². The van der Waals surface area contributed by atoms with Crippen molar-refractivity contribution in [3.8, 4) is 11.4 Å². The molecule has 0 saturated carbocycles. The molecule has 22 heavy (non-hydrogen) atoms. The maximum Gasteiger partial charge on any atom is 0.316 e. The van der Waals surface area contributed by atoms with Gasteiger partial charge >= 0.3 is 11.8 Å². The van der Waals surface area contributed by atoms with E-state index in [0.717, 1.165) is 5.56 Å². The SMILES string of the molecule is CN1CC(NC(=O)c2nc(-c3ccccc3)no2)CCC1=O. The Morgan fingerprint density at radius 1 is 1.36 bits per heavy atom. The summed E-state index contributed by atoms with van der Waals surface area (Å²) in [7, 11) is 1.72. The molecule has 0 aliphatic carbocycles. The van der Waals surface area contributed by atoms with E-state index in [1.807, 2.05) is 30.3 Å². The Balaban J connectivity index is 1.66. The van der Waals surface area contributed by atoms with Gasteiger partial charge in [0.25, 0.3) is 0 Å². The van der Waals surface area contributed by atoms with Gasteiger partial charge in [-0.1, -0.05) is 35.5 Å². The van der Waals surface area contributed by atoms with Crippen LogP contribution in [0.1, 0.15) is 23.5 Å². The average molecular weight is 300 g/mol. The van der Waals surface area contributed by atoms with Crippen molar-refractivity contribution in [2.45, 2.75) is 18.9 Å². The minimum Gasteiger partial charge on any atom is -0.344 e. The van der Waals surface area contributed by atoms with E-state index in [0.29, 0.717) is 25.2 Å². The number of hydrogen-bond acceptors (Lipinski definition) is 5. The summed E-state index contributed by atoms with van der Waals surface area (Å²) in [5.74, 6) is -0.0165. The third-order valence-electron chi connectivity index (χ3n) is 3.61. The molecule has 1 atom stereocenters. The summed E-state index contributed by atoms with van der Waals surface area (Å²) >= 11 is 0. The number of nitrogens with zero attached hydrogens (tertiary/aromatic N) is 3. The molecule has 1 aliphatic rings. The fraction of sp³-hybridized carbons (Fsp3) is 0.333. The number of benzene rings is 1. The lowest BCUT2D eigenvalue weighted by Gasteiger charge is -2.29.